The number of anilines is 2. The summed E-state index contributed by atoms with van der Waals surface area (Å²) in [5, 5.41) is 0. The lowest BCUT2D eigenvalue weighted by molar-refractivity contribution is -0.119. The second kappa shape index (κ2) is 5.89. The summed E-state index contributed by atoms with van der Waals surface area (Å²) in [4.78, 5) is 14.2. The summed E-state index contributed by atoms with van der Waals surface area (Å²) in [5.74, 6) is 0.842. The lowest BCUT2D eigenvalue weighted by Gasteiger charge is -2.22. The molecule has 1 amide bonds. The van der Waals surface area contributed by atoms with E-state index in [9.17, 15) is 4.79 Å². The molecule has 0 aliphatic heterocycles. The molecular weight excluding hydrogens is 224 g/mol. The SMILES string of the molecule is CCN(C(=O)CC1CCCC1)c1ccc(N)cc1. The molecule has 0 radical (unpaired) electrons. The topological polar surface area (TPSA) is 46.3 Å². The lowest BCUT2D eigenvalue weighted by Crippen LogP contribution is -2.31. The zero-order valence-electron chi connectivity index (χ0n) is 11.1. The highest BCUT2D eigenvalue weighted by molar-refractivity contribution is 5.93. The van der Waals surface area contributed by atoms with Crippen molar-refractivity contribution in [2.45, 2.75) is 39.0 Å². The third-order valence-corrected chi connectivity index (χ3v) is 3.76. The number of nitrogens with zero attached hydrogens (tertiary/aromatic N) is 1. The van der Waals surface area contributed by atoms with Gasteiger partial charge in [0.15, 0.2) is 0 Å². The van der Waals surface area contributed by atoms with Crippen LogP contribution in [-0.2, 0) is 4.79 Å². The van der Waals surface area contributed by atoms with Crippen LogP contribution < -0.4 is 10.6 Å². The Labute approximate surface area is 109 Å². The van der Waals surface area contributed by atoms with Crippen LogP contribution in [0.2, 0.25) is 0 Å². The van der Waals surface area contributed by atoms with E-state index in [1.165, 1.54) is 25.7 Å². The highest BCUT2D eigenvalue weighted by atomic mass is 16.2. The van der Waals surface area contributed by atoms with E-state index in [0.717, 1.165) is 17.9 Å². The van der Waals surface area contributed by atoms with Crippen LogP contribution in [0.4, 0.5) is 11.4 Å². The smallest absolute Gasteiger partial charge is 0.227 e. The quantitative estimate of drug-likeness (QED) is 0.829. The Morgan fingerprint density at radius 1 is 1.28 bits per heavy atom. The van der Waals surface area contributed by atoms with Gasteiger partial charge in [-0.25, -0.2) is 0 Å². The van der Waals surface area contributed by atoms with E-state index in [1.54, 1.807) is 0 Å². The monoisotopic (exact) mass is 246 g/mol. The highest BCUT2D eigenvalue weighted by Gasteiger charge is 2.22. The fourth-order valence-corrected chi connectivity index (χ4v) is 2.73. The van der Waals surface area contributed by atoms with Gasteiger partial charge in [0.1, 0.15) is 0 Å². The minimum absolute atomic E-state index is 0.245. The normalized spacial score (nSPS) is 15.8. The van der Waals surface area contributed by atoms with Gasteiger partial charge in [-0.15, -0.1) is 0 Å². The summed E-state index contributed by atoms with van der Waals surface area (Å²) in [7, 11) is 0. The molecule has 1 aliphatic rings. The molecule has 18 heavy (non-hydrogen) atoms. The zero-order chi connectivity index (χ0) is 13.0. The molecular formula is C15H22N2O. The molecule has 2 rings (SSSR count). The van der Waals surface area contributed by atoms with E-state index < -0.39 is 0 Å². The molecule has 0 spiro atoms. The van der Waals surface area contributed by atoms with Crippen molar-refractivity contribution in [1.82, 2.24) is 0 Å². The van der Waals surface area contributed by atoms with Crippen molar-refractivity contribution in [3.05, 3.63) is 24.3 Å². The third kappa shape index (κ3) is 3.03. The summed E-state index contributed by atoms with van der Waals surface area (Å²) in [5.41, 5.74) is 7.36. The summed E-state index contributed by atoms with van der Waals surface area (Å²) in [6.45, 7) is 2.73. The summed E-state index contributed by atoms with van der Waals surface area (Å²) in [6.07, 6.45) is 5.69. The van der Waals surface area contributed by atoms with Gasteiger partial charge in [-0.2, -0.15) is 0 Å². The molecule has 0 heterocycles. The third-order valence-electron chi connectivity index (χ3n) is 3.76. The minimum atomic E-state index is 0.245. The predicted octanol–water partition coefficient (Wildman–Crippen LogP) is 3.20. The van der Waals surface area contributed by atoms with Gasteiger partial charge >= 0.3 is 0 Å². The van der Waals surface area contributed by atoms with Gasteiger partial charge < -0.3 is 10.6 Å². The molecule has 0 atom stereocenters. The molecule has 1 fully saturated rings. The molecule has 3 heteroatoms. The van der Waals surface area contributed by atoms with Gasteiger partial charge in [0.2, 0.25) is 5.91 Å². The summed E-state index contributed by atoms with van der Waals surface area (Å²) < 4.78 is 0. The number of nitrogen functional groups attached to an aromatic ring is 1. The molecule has 1 aliphatic carbocycles. The average Bonchev–Trinajstić information content (AvgIpc) is 2.85. The van der Waals surface area contributed by atoms with Gasteiger partial charge in [0.05, 0.1) is 0 Å². The fraction of sp³-hybridized carbons (Fsp3) is 0.533. The van der Waals surface area contributed by atoms with E-state index in [4.69, 9.17) is 5.73 Å². The van der Waals surface area contributed by atoms with Crippen LogP contribution in [0, 0.1) is 5.92 Å². The first-order valence-corrected chi connectivity index (χ1v) is 6.86. The first-order valence-electron chi connectivity index (χ1n) is 6.86. The maximum absolute atomic E-state index is 12.3. The van der Waals surface area contributed by atoms with Crippen molar-refractivity contribution in [2.75, 3.05) is 17.2 Å². The molecule has 1 aromatic rings. The van der Waals surface area contributed by atoms with Crippen LogP contribution in [0.15, 0.2) is 24.3 Å². The van der Waals surface area contributed by atoms with Crippen molar-refractivity contribution in [1.29, 1.82) is 0 Å². The number of hydrogen-bond donors (Lipinski definition) is 1. The maximum atomic E-state index is 12.3. The second-order valence-corrected chi connectivity index (χ2v) is 5.08. The average molecular weight is 246 g/mol. The minimum Gasteiger partial charge on any atom is -0.399 e. The van der Waals surface area contributed by atoms with E-state index in [0.29, 0.717) is 12.3 Å². The number of hydrogen-bond acceptors (Lipinski definition) is 2. The van der Waals surface area contributed by atoms with Crippen molar-refractivity contribution < 1.29 is 4.79 Å². The van der Waals surface area contributed by atoms with E-state index >= 15 is 0 Å². The van der Waals surface area contributed by atoms with Crippen molar-refractivity contribution in [3.63, 3.8) is 0 Å². The molecule has 1 aromatic carbocycles. The van der Waals surface area contributed by atoms with Gasteiger partial charge in [-0.05, 0) is 49.9 Å². The van der Waals surface area contributed by atoms with Crippen LogP contribution in [-0.4, -0.2) is 12.5 Å². The summed E-state index contributed by atoms with van der Waals surface area (Å²) >= 11 is 0. The van der Waals surface area contributed by atoms with Crippen LogP contribution in [0.1, 0.15) is 39.0 Å². The van der Waals surface area contributed by atoms with Crippen LogP contribution in [0.25, 0.3) is 0 Å². The molecule has 0 aromatic heterocycles. The second-order valence-electron chi connectivity index (χ2n) is 5.08. The molecule has 1 saturated carbocycles. The van der Waals surface area contributed by atoms with Gasteiger partial charge in [0.25, 0.3) is 0 Å². The number of rotatable bonds is 4. The molecule has 0 bridgehead atoms. The number of carbonyl (C=O) groups excluding carboxylic acids is 1. The molecule has 98 valence electrons. The number of carbonyl (C=O) groups is 1. The number of benzene rings is 1. The molecule has 3 nitrogen and oxygen atoms in total. The Hall–Kier alpha value is -1.51. The predicted molar refractivity (Wildman–Crippen MR) is 75.5 cm³/mol. The van der Waals surface area contributed by atoms with Gasteiger partial charge in [-0.3, -0.25) is 4.79 Å². The Balaban J connectivity index is 2.02. The maximum Gasteiger partial charge on any atom is 0.227 e. The highest BCUT2D eigenvalue weighted by Crippen LogP contribution is 2.29. The van der Waals surface area contributed by atoms with Gasteiger partial charge in [-0.1, -0.05) is 12.8 Å². The summed E-state index contributed by atoms with van der Waals surface area (Å²) in [6, 6.07) is 7.54. The Bertz CT molecular complexity index is 393. The first kappa shape index (κ1) is 12.9. The van der Waals surface area contributed by atoms with Crippen molar-refractivity contribution >= 4 is 17.3 Å². The van der Waals surface area contributed by atoms with Crippen LogP contribution in [0.3, 0.4) is 0 Å². The molecule has 0 unspecified atom stereocenters. The number of amides is 1. The lowest BCUT2D eigenvalue weighted by atomic mass is 10.0. The zero-order valence-corrected chi connectivity index (χ0v) is 11.1. The van der Waals surface area contributed by atoms with Crippen molar-refractivity contribution in [3.8, 4) is 0 Å². The Kier molecular flexibility index (Phi) is 4.24. The van der Waals surface area contributed by atoms with E-state index in [2.05, 4.69) is 0 Å². The molecule has 0 saturated heterocycles. The fourth-order valence-electron chi connectivity index (χ4n) is 2.73. The van der Waals surface area contributed by atoms with Crippen molar-refractivity contribution in [2.24, 2.45) is 5.92 Å². The standard InChI is InChI=1S/C15H22N2O/c1-2-17(14-9-7-13(16)8-10-14)15(18)11-12-5-3-4-6-12/h7-10,12H,2-6,11,16H2,1H3. The van der Waals surface area contributed by atoms with Crippen LogP contribution >= 0.6 is 0 Å². The van der Waals surface area contributed by atoms with E-state index in [-0.39, 0.29) is 5.91 Å². The molecule has 2 N–H and O–H groups in total. The first-order chi connectivity index (χ1) is 8.70. The number of nitrogens with two attached hydrogens (primary N) is 1. The van der Waals surface area contributed by atoms with Gasteiger partial charge in [0, 0.05) is 24.3 Å². The Morgan fingerprint density at radius 2 is 1.89 bits per heavy atom. The van der Waals surface area contributed by atoms with E-state index in [1.807, 2.05) is 36.1 Å². The Morgan fingerprint density at radius 3 is 2.44 bits per heavy atom. The largest absolute Gasteiger partial charge is 0.399 e. The van der Waals surface area contributed by atoms with Crippen LogP contribution in [0.5, 0.6) is 0 Å².